The van der Waals surface area contributed by atoms with Crippen molar-refractivity contribution in [2.24, 2.45) is 0 Å². The monoisotopic (exact) mass is 302 g/mol. The van der Waals surface area contributed by atoms with E-state index < -0.39 is 11.9 Å². The summed E-state index contributed by atoms with van der Waals surface area (Å²) >= 11 is 0. The summed E-state index contributed by atoms with van der Waals surface area (Å²) in [6.45, 7) is 4.06. The van der Waals surface area contributed by atoms with Crippen LogP contribution in [-0.2, 0) is 9.59 Å². The molecular weight excluding hydrogens is 284 g/mol. The van der Waals surface area contributed by atoms with Crippen molar-refractivity contribution in [3.63, 3.8) is 0 Å². The van der Waals surface area contributed by atoms with E-state index in [0.717, 1.165) is 0 Å². The second-order valence-electron chi connectivity index (χ2n) is 4.06. The van der Waals surface area contributed by atoms with E-state index in [0.29, 0.717) is 12.2 Å². The quantitative estimate of drug-likeness (QED) is 0.640. The van der Waals surface area contributed by atoms with E-state index in [2.05, 4.69) is 9.97 Å². The molecule has 0 saturated carbocycles. The fourth-order valence-corrected chi connectivity index (χ4v) is 1.10. The van der Waals surface area contributed by atoms with Crippen LogP contribution in [0.1, 0.15) is 11.4 Å². The molecule has 0 bridgehead atoms. The predicted molar refractivity (Wildman–Crippen MR) is 74.6 cm³/mol. The lowest BCUT2D eigenvalue weighted by molar-refractivity contribution is -0.387. The highest BCUT2D eigenvalue weighted by Crippen LogP contribution is 1.80. The Morgan fingerprint density at radius 2 is 1.18 bits per heavy atom. The first-order valence-corrected chi connectivity index (χ1v) is 6.38. The number of aliphatic carboxylic acids is 2. The molecule has 0 radical (unpaired) electrons. The maximum Gasteiger partial charge on any atom is 0.176 e. The van der Waals surface area contributed by atoms with Crippen LogP contribution >= 0.6 is 0 Å². The van der Waals surface area contributed by atoms with Crippen molar-refractivity contribution in [2.75, 3.05) is 0 Å². The highest BCUT2D eigenvalue weighted by Gasteiger charge is 1.82. The minimum Gasteiger partial charge on any atom is -0.545 e. The number of nitrogens with one attached hydrogen (secondary N) is 2. The molecule has 2 rings (SSSR count). The van der Waals surface area contributed by atoms with Gasteiger partial charge < -0.3 is 19.8 Å². The molecule has 6 nitrogen and oxygen atoms in total. The van der Waals surface area contributed by atoms with Crippen LogP contribution in [0.3, 0.4) is 0 Å². The standard InChI is InChI=1S/2C6H7N.C4H4O4/c2*1-6-4-2-3-5-7-6;5-3(6)1-2-4(7)8/h2*2-5H,1H3;1-2H,(H,5,6)(H,7,8)/b;;2-1-. The molecule has 0 unspecified atom stereocenters. The molecule has 0 aliphatic heterocycles. The fraction of sp³-hybridized carbons (Fsp3) is 0.125. The largest absolute Gasteiger partial charge is 0.545 e. The molecule has 2 aromatic heterocycles. The van der Waals surface area contributed by atoms with E-state index in [4.69, 9.17) is 0 Å². The van der Waals surface area contributed by atoms with Crippen molar-refractivity contribution in [2.45, 2.75) is 13.8 Å². The van der Waals surface area contributed by atoms with Crippen molar-refractivity contribution in [3.8, 4) is 0 Å². The van der Waals surface area contributed by atoms with Gasteiger partial charge in [-0.25, -0.2) is 9.97 Å². The van der Waals surface area contributed by atoms with Gasteiger partial charge in [0.05, 0.1) is 11.9 Å². The Kier molecular flexibility index (Phi) is 10.2. The number of H-pyrrole nitrogens is 2. The van der Waals surface area contributed by atoms with Gasteiger partial charge in [-0.1, -0.05) is 12.1 Å². The first-order chi connectivity index (χ1) is 10.4. The number of rotatable bonds is 2. The first kappa shape index (κ1) is 19.0. The number of aryl methyl sites for hydroxylation is 2. The molecule has 0 fully saturated rings. The van der Waals surface area contributed by atoms with E-state index in [-0.39, 0.29) is 0 Å². The maximum atomic E-state index is 9.41. The molecule has 6 heteroatoms. The Balaban J connectivity index is 0.000000301. The van der Waals surface area contributed by atoms with Crippen molar-refractivity contribution in [1.82, 2.24) is 0 Å². The van der Waals surface area contributed by atoms with Crippen LogP contribution in [0.15, 0.2) is 60.9 Å². The number of hydrogen-bond donors (Lipinski definition) is 0. The third-order valence-corrected chi connectivity index (χ3v) is 2.08. The minimum absolute atomic E-state index is 0.384. The lowest BCUT2D eigenvalue weighted by atomic mass is 10.4. The van der Waals surface area contributed by atoms with Gasteiger partial charge in [-0.05, 0) is 12.2 Å². The van der Waals surface area contributed by atoms with Gasteiger partial charge in [-0.3, -0.25) is 0 Å². The van der Waals surface area contributed by atoms with Gasteiger partial charge in [0, 0.05) is 38.1 Å². The predicted octanol–water partition coefficient (Wildman–Crippen LogP) is -1.34. The molecule has 0 aliphatic rings. The molecule has 0 amide bonds. The Labute approximate surface area is 128 Å². The second kappa shape index (κ2) is 11.8. The molecule has 2 aromatic rings. The molecule has 22 heavy (non-hydrogen) atoms. The Bertz CT molecular complexity index is 530. The summed E-state index contributed by atoms with van der Waals surface area (Å²) in [6, 6.07) is 12.0. The van der Waals surface area contributed by atoms with Crippen LogP contribution in [0.2, 0.25) is 0 Å². The SMILES string of the molecule is Cc1cccc[nH+]1.Cc1cccc[nH+]1.O=C([O-])/C=C\C(=O)[O-]. The van der Waals surface area contributed by atoms with Gasteiger partial charge in [0.1, 0.15) is 0 Å². The van der Waals surface area contributed by atoms with Gasteiger partial charge in [0.2, 0.25) is 0 Å². The van der Waals surface area contributed by atoms with Gasteiger partial charge in [-0.15, -0.1) is 0 Å². The Morgan fingerprint density at radius 3 is 1.32 bits per heavy atom. The number of carbonyl (C=O) groups excluding carboxylic acids is 2. The number of carbonyl (C=O) groups is 2. The Hall–Kier alpha value is -3.02. The fourth-order valence-electron chi connectivity index (χ4n) is 1.10. The van der Waals surface area contributed by atoms with Crippen molar-refractivity contribution >= 4 is 11.9 Å². The lowest BCUT2D eigenvalue weighted by Gasteiger charge is -1.90. The zero-order valence-electron chi connectivity index (χ0n) is 12.4. The van der Waals surface area contributed by atoms with Crippen molar-refractivity contribution in [3.05, 3.63) is 72.3 Å². The summed E-state index contributed by atoms with van der Waals surface area (Å²) in [7, 11) is 0. The zero-order chi connectivity index (χ0) is 16.8. The summed E-state index contributed by atoms with van der Waals surface area (Å²) in [6.07, 6.45) is 4.59. The van der Waals surface area contributed by atoms with Gasteiger partial charge >= 0.3 is 0 Å². The smallest absolute Gasteiger partial charge is 0.176 e. The third kappa shape index (κ3) is 13.4. The highest BCUT2D eigenvalue weighted by molar-refractivity contribution is 5.87. The third-order valence-electron chi connectivity index (χ3n) is 2.08. The molecule has 0 spiro atoms. The average Bonchev–Trinajstić information content (AvgIpc) is 2.48. The molecule has 0 aromatic carbocycles. The highest BCUT2D eigenvalue weighted by atomic mass is 16.4. The molecule has 0 aliphatic carbocycles. The van der Waals surface area contributed by atoms with Gasteiger partial charge in [0.15, 0.2) is 23.8 Å². The number of carboxylic acids is 2. The van der Waals surface area contributed by atoms with Gasteiger partial charge in [-0.2, -0.15) is 0 Å². The van der Waals surface area contributed by atoms with E-state index in [1.165, 1.54) is 11.4 Å². The van der Waals surface area contributed by atoms with Crippen molar-refractivity contribution in [1.29, 1.82) is 0 Å². The lowest BCUT2D eigenvalue weighted by Crippen LogP contribution is -2.23. The summed E-state index contributed by atoms with van der Waals surface area (Å²) in [5.74, 6) is -3.09. The molecule has 116 valence electrons. The summed E-state index contributed by atoms with van der Waals surface area (Å²) in [5.41, 5.74) is 2.39. The number of aromatic nitrogens is 2. The molecule has 0 saturated heterocycles. The number of pyridine rings is 2. The number of hydrogen-bond acceptors (Lipinski definition) is 4. The molecular formula is C16H18N2O4. The van der Waals surface area contributed by atoms with Crippen LogP contribution < -0.4 is 20.2 Å². The maximum absolute atomic E-state index is 9.41. The molecule has 2 heterocycles. The van der Waals surface area contributed by atoms with Crippen LogP contribution in [0.5, 0.6) is 0 Å². The van der Waals surface area contributed by atoms with Gasteiger partial charge in [0.25, 0.3) is 0 Å². The number of carboxylic acid groups (broad SMARTS) is 2. The number of aromatic amines is 2. The van der Waals surface area contributed by atoms with Crippen molar-refractivity contribution < 1.29 is 29.8 Å². The van der Waals surface area contributed by atoms with E-state index in [1.807, 2.05) is 62.6 Å². The zero-order valence-corrected chi connectivity index (χ0v) is 12.4. The minimum atomic E-state index is -1.55. The summed E-state index contributed by atoms with van der Waals surface area (Å²) < 4.78 is 0. The Morgan fingerprint density at radius 1 is 0.818 bits per heavy atom. The van der Waals surface area contributed by atoms with E-state index in [9.17, 15) is 19.8 Å². The topological polar surface area (TPSA) is 109 Å². The van der Waals surface area contributed by atoms with Crippen LogP contribution in [0.4, 0.5) is 0 Å². The second-order valence-corrected chi connectivity index (χ2v) is 4.06. The average molecular weight is 302 g/mol. The van der Waals surface area contributed by atoms with Crippen LogP contribution in [0.25, 0.3) is 0 Å². The van der Waals surface area contributed by atoms with Crippen LogP contribution in [-0.4, -0.2) is 11.9 Å². The normalized spacial score (nSPS) is 9.00. The van der Waals surface area contributed by atoms with Crippen LogP contribution in [0, 0.1) is 13.8 Å². The van der Waals surface area contributed by atoms with E-state index >= 15 is 0 Å². The summed E-state index contributed by atoms with van der Waals surface area (Å²) in [5, 5.41) is 18.8. The summed E-state index contributed by atoms with van der Waals surface area (Å²) in [4.78, 5) is 24.9. The first-order valence-electron chi connectivity index (χ1n) is 6.38. The van der Waals surface area contributed by atoms with E-state index in [1.54, 1.807) is 0 Å². The molecule has 2 N–H and O–H groups in total. The molecule has 0 atom stereocenters.